The number of thiocarbonyl (C=S) groups is 1. The van der Waals surface area contributed by atoms with Crippen molar-refractivity contribution in [3.63, 3.8) is 0 Å². The molecule has 1 fully saturated rings. The van der Waals surface area contributed by atoms with Crippen LogP contribution in [0.5, 0.6) is 0 Å². The lowest BCUT2D eigenvalue weighted by atomic mass is 9.88. The third-order valence-electron chi connectivity index (χ3n) is 5.14. The third-order valence-corrected chi connectivity index (χ3v) is 5.71. The summed E-state index contributed by atoms with van der Waals surface area (Å²) in [4.78, 5) is 14.5. The Kier molecular flexibility index (Phi) is 5.80. The molecule has 2 aromatic rings. The molecule has 1 aromatic carbocycles. The van der Waals surface area contributed by atoms with E-state index in [0.29, 0.717) is 11.6 Å². The van der Waals surface area contributed by atoms with E-state index in [2.05, 4.69) is 10.4 Å². The van der Waals surface area contributed by atoms with Gasteiger partial charge in [0.1, 0.15) is 11.5 Å². The number of likely N-dealkylation sites (tertiary alicyclic amines) is 1. The van der Waals surface area contributed by atoms with Crippen molar-refractivity contribution in [1.82, 2.24) is 14.7 Å². The van der Waals surface area contributed by atoms with E-state index in [9.17, 15) is 31.1 Å². The van der Waals surface area contributed by atoms with Crippen LogP contribution in [0.4, 0.5) is 32.0 Å². The third kappa shape index (κ3) is 4.25. The Morgan fingerprint density at radius 3 is 2.45 bits per heavy atom. The number of aromatic nitrogens is 2. The van der Waals surface area contributed by atoms with Gasteiger partial charge in [0.25, 0.3) is 5.92 Å². The first-order valence-corrected chi connectivity index (χ1v) is 9.46. The zero-order chi connectivity index (χ0) is 23.3. The molecule has 0 bridgehead atoms. The molecule has 31 heavy (non-hydrogen) atoms. The van der Waals surface area contributed by atoms with Gasteiger partial charge in [0, 0.05) is 39.0 Å². The van der Waals surface area contributed by atoms with E-state index >= 15 is 0 Å². The maximum atomic E-state index is 14.0. The predicted molar refractivity (Wildman–Crippen MR) is 104 cm³/mol. The molecule has 3 rings (SSSR count). The number of rotatable bonds is 4. The number of anilines is 1. The highest BCUT2D eigenvalue weighted by Gasteiger charge is 2.47. The SMILES string of the molecule is CN1C[C@H](c2cnn(C)c2C(F)(F)F)[C@@H](C(=O)Nc2cccc(F)c2C(C)(F)F)C1=S. The lowest BCUT2D eigenvalue weighted by Gasteiger charge is -2.22. The minimum atomic E-state index is -4.73. The molecule has 0 saturated carbocycles. The van der Waals surface area contributed by atoms with Crippen LogP contribution in [0.2, 0.25) is 0 Å². The smallest absolute Gasteiger partial charge is 0.368 e. The van der Waals surface area contributed by atoms with Gasteiger partial charge in [0.2, 0.25) is 5.91 Å². The molecule has 0 aliphatic carbocycles. The van der Waals surface area contributed by atoms with Gasteiger partial charge in [-0.25, -0.2) is 13.2 Å². The number of nitrogens with zero attached hydrogens (tertiary/aromatic N) is 3. The van der Waals surface area contributed by atoms with Crippen LogP contribution in [0.25, 0.3) is 0 Å². The van der Waals surface area contributed by atoms with E-state index in [4.69, 9.17) is 12.2 Å². The number of hydrogen-bond donors (Lipinski definition) is 1. The number of likely N-dealkylation sites (N-methyl/N-ethyl adjacent to an activating group) is 1. The molecule has 1 aromatic heterocycles. The minimum absolute atomic E-state index is 0.00829. The first kappa shape index (κ1) is 23.0. The lowest BCUT2D eigenvalue weighted by Crippen LogP contribution is -2.33. The Balaban J connectivity index is 2.01. The quantitative estimate of drug-likeness (QED) is 0.542. The van der Waals surface area contributed by atoms with Gasteiger partial charge in [0.15, 0.2) is 0 Å². The number of benzene rings is 1. The molecule has 1 aliphatic heterocycles. The van der Waals surface area contributed by atoms with Crippen molar-refractivity contribution in [2.45, 2.75) is 24.9 Å². The van der Waals surface area contributed by atoms with Gasteiger partial charge >= 0.3 is 6.18 Å². The molecule has 0 spiro atoms. The van der Waals surface area contributed by atoms with E-state index in [1.165, 1.54) is 11.9 Å². The zero-order valence-electron chi connectivity index (χ0n) is 16.6. The average Bonchev–Trinajstić information content (AvgIpc) is 3.14. The molecule has 2 heterocycles. The van der Waals surface area contributed by atoms with E-state index in [1.807, 2.05) is 0 Å². The summed E-state index contributed by atoms with van der Waals surface area (Å²) in [5.41, 5.74) is -2.76. The van der Waals surface area contributed by atoms with E-state index in [1.54, 1.807) is 0 Å². The Morgan fingerprint density at radius 2 is 1.87 bits per heavy atom. The van der Waals surface area contributed by atoms with E-state index in [0.717, 1.165) is 31.4 Å². The Bertz CT molecular complexity index is 1030. The van der Waals surface area contributed by atoms with Crippen LogP contribution in [0.3, 0.4) is 0 Å². The zero-order valence-corrected chi connectivity index (χ0v) is 17.4. The largest absolute Gasteiger partial charge is 0.433 e. The van der Waals surface area contributed by atoms with Gasteiger partial charge in [0.05, 0.1) is 28.4 Å². The van der Waals surface area contributed by atoms with Crippen LogP contribution in [0.15, 0.2) is 24.4 Å². The molecule has 12 heteroatoms. The van der Waals surface area contributed by atoms with Crippen molar-refractivity contribution < 1.29 is 31.1 Å². The van der Waals surface area contributed by atoms with Crippen LogP contribution in [-0.4, -0.2) is 39.2 Å². The van der Waals surface area contributed by atoms with Crippen LogP contribution in [0.1, 0.15) is 29.7 Å². The molecule has 5 nitrogen and oxygen atoms in total. The molecule has 1 N–H and O–H groups in total. The summed E-state index contributed by atoms with van der Waals surface area (Å²) in [6.45, 7) is 0.467. The second kappa shape index (κ2) is 7.81. The van der Waals surface area contributed by atoms with E-state index in [-0.39, 0.29) is 17.1 Å². The highest BCUT2D eigenvalue weighted by atomic mass is 32.1. The number of carbonyl (C=O) groups excluding carboxylic acids is 1. The summed E-state index contributed by atoms with van der Waals surface area (Å²) >= 11 is 5.24. The fraction of sp³-hybridized carbons (Fsp3) is 0.421. The Morgan fingerprint density at radius 1 is 1.23 bits per heavy atom. The van der Waals surface area contributed by atoms with Crippen molar-refractivity contribution in [3.8, 4) is 0 Å². The number of aryl methyl sites for hydroxylation is 1. The Hall–Kier alpha value is -2.63. The average molecular weight is 464 g/mol. The van der Waals surface area contributed by atoms with Crippen LogP contribution >= 0.6 is 12.2 Å². The first-order valence-electron chi connectivity index (χ1n) is 9.05. The van der Waals surface area contributed by atoms with Gasteiger partial charge in [-0.1, -0.05) is 18.3 Å². The number of carbonyl (C=O) groups is 1. The maximum Gasteiger partial charge on any atom is 0.433 e. The molecule has 168 valence electrons. The standard InChI is InChI=1S/C19H18F6N4OS/c1-18(21,22)14-11(20)5-4-6-12(14)27-16(30)13-10(8-28(2)17(13)31)9-7-26-29(3)15(9)19(23,24)25/h4-7,10,13H,8H2,1-3H3,(H,27,30)/t10-,13+/m1/s1. The molecular formula is C19H18F6N4OS. The van der Waals surface area contributed by atoms with Gasteiger partial charge in [-0.2, -0.15) is 18.3 Å². The van der Waals surface area contributed by atoms with Crippen LogP contribution in [-0.2, 0) is 23.9 Å². The molecule has 0 unspecified atom stereocenters. The second-order valence-electron chi connectivity index (χ2n) is 7.41. The number of halogens is 6. The molecule has 2 atom stereocenters. The Labute approximate surface area is 179 Å². The van der Waals surface area contributed by atoms with Gasteiger partial charge in [-0.05, 0) is 12.1 Å². The lowest BCUT2D eigenvalue weighted by molar-refractivity contribution is -0.144. The molecule has 1 aliphatic rings. The monoisotopic (exact) mass is 464 g/mol. The number of nitrogens with one attached hydrogen (secondary N) is 1. The number of amides is 1. The fourth-order valence-corrected chi connectivity index (χ4v) is 4.18. The summed E-state index contributed by atoms with van der Waals surface area (Å²) in [5.74, 6) is -8.03. The maximum absolute atomic E-state index is 14.0. The molecule has 0 radical (unpaired) electrons. The predicted octanol–water partition coefficient (Wildman–Crippen LogP) is 4.30. The van der Waals surface area contributed by atoms with Gasteiger partial charge in [-0.15, -0.1) is 0 Å². The summed E-state index contributed by atoms with van der Waals surface area (Å²) < 4.78 is 83.2. The van der Waals surface area contributed by atoms with E-state index < -0.39 is 52.6 Å². The van der Waals surface area contributed by atoms with Crippen molar-refractivity contribution in [3.05, 3.63) is 47.0 Å². The highest BCUT2D eigenvalue weighted by Crippen LogP contribution is 2.42. The summed E-state index contributed by atoms with van der Waals surface area (Å²) in [6, 6.07) is 3.06. The summed E-state index contributed by atoms with van der Waals surface area (Å²) in [7, 11) is 2.64. The fourth-order valence-electron chi connectivity index (χ4n) is 3.83. The van der Waals surface area contributed by atoms with Crippen molar-refractivity contribution in [2.24, 2.45) is 13.0 Å². The van der Waals surface area contributed by atoms with Gasteiger partial charge in [-0.3, -0.25) is 9.48 Å². The van der Waals surface area contributed by atoms with Crippen molar-refractivity contribution in [1.29, 1.82) is 0 Å². The molecular weight excluding hydrogens is 446 g/mol. The topological polar surface area (TPSA) is 50.2 Å². The van der Waals surface area contributed by atoms with Crippen LogP contribution in [0, 0.1) is 11.7 Å². The van der Waals surface area contributed by atoms with Crippen LogP contribution < -0.4 is 5.32 Å². The van der Waals surface area contributed by atoms with Crippen molar-refractivity contribution >= 4 is 28.8 Å². The first-order chi connectivity index (χ1) is 14.2. The minimum Gasteiger partial charge on any atom is -0.368 e. The summed E-state index contributed by atoms with van der Waals surface area (Å²) in [5, 5.41) is 5.90. The normalized spacial score (nSPS) is 19.8. The van der Waals surface area contributed by atoms with Gasteiger partial charge < -0.3 is 10.2 Å². The van der Waals surface area contributed by atoms with Crippen molar-refractivity contribution in [2.75, 3.05) is 18.9 Å². The summed E-state index contributed by atoms with van der Waals surface area (Å²) in [6.07, 6.45) is -3.71. The number of alkyl halides is 5. The number of hydrogen-bond acceptors (Lipinski definition) is 3. The molecule has 1 saturated heterocycles. The highest BCUT2D eigenvalue weighted by molar-refractivity contribution is 7.80. The molecule has 1 amide bonds. The second-order valence-corrected chi connectivity index (χ2v) is 7.83.